The maximum absolute atomic E-state index is 15.1. The first kappa shape index (κ1) is 16.1. The van der Waals surface area contributed by atoms with Gasteiger partial charge in [-0.2, -0.15) is 0 Å². The van der Waals surface area contributed by atoms with Gasteiger partial charge in [0.2, 0.25) is 0 Å². The predicted molar refractivity (Wildman–Crippen MR) is 102 cm³/mol. The van der Waals surface area contributed by atoms with Gasteiger partial charge in [-0.25, -0.2) is 14.4 Å². The number of halogens is 1. The molecule has 4 nitrogen and oxygen atoms in total. The van der Waals surface area contributed by atoms with Crippen molar-refractivity contribution in [2.75, 3.05) is 11.9 Å². The zero-order valence-corrected chi connectivity index (χ0v) is 15.8. The Balaban J connectivity index is 1.76. The standard InChI is InChI=1S/C20H20FN3OS/c1-19(2)18-20(3,5-6-25-18)13-8-12(14(21)9-15(13)24-19)16-11-4-7-26-17(11)23-10-22-16/h4,7-10,18,24H,5-6H2,1-3H3. The molecule has 0 spiro atoms. The van der Waals surface area contributed by atoms with Crippen molar-refractivity contribution in [3.05, 3.63) is 41.3 Å². The molecule has 26 heavy (non-hydrogen) atoms. The quantitative estimate of drug-likeness (QED) is 0.672. The van der Waals surface area contributed by atoms with Gasteiger partial charge in [0, 0.05) is 28.7 Å². The summed E-state index contributed by atoms with van der Waals surface area (Å²) in [6.07, 6.45) is 2.49. The summed E-state index contributed by atoms with van der Waals surface area (Å²) in [7, 11) is 0. The Kier molecular flexibility index (Phi) is 3.25. The summed E-state index contributed by atoms with van der Waals surface area (Å²) in [6, 6.07) is 5.54. The normalized spacial score (nSPS) is 26.4. The van der Waals surface area contributed by atoms with Crippen LogP contribution in [-0.2, 0) is 10.2 Å². The number of rotatable bonds is 1. The Morgan fingerprint density at radius 3 is 2.96 bits per heavy atom. The molecule has 2 aromatic heterocycles. The lowest BCUT2D eigenvalue weighted by atomic mass is 9.67. The van der Waals surface area contributed by atoms with Crippen LogP contribution in [0.15, 0.2) is 29.9 Å². The lowest BCUT2D eigenvalue weighted by Gasteiger charge is -2.48. The van der Waals surface area contributed by atoms with E-state index in [2.05, 4.69) is 36.1 Å². The van der Waals surface area contributed by atoms with E-state index in [0.29, 0.717) is 11.3 Å². The average Bonchev–Trinajstić information content (AvgIpc) is 3.21. The zero-order valence-electron chi connectivity index (χ0n) is 15.0. The third-order valence-corrected chi connectivity index (χ3v) is 6.66. The number of hydrogen-bond acceptors (Lipinski definition) is 5. The van der Waals surface area contributed by atoms with Crippen LogP contribution in [0.25, 0.3) is 21.5 Å². The molecule has 1 saturated heterocycles. The van der Waals surface area contributed by atoms with Gasteiger partial charge in [0.05, 0.1) is 17.3 Å². The maximum Gasteiger partial charge on any atom is 0.134 e. The Labute approximate surface area is 155 Å². The summed E-state index contributed by atoms with van der Waals surface area (Å²) >= 11 is 1.54. The Hall–Kier alpha value is -2.05. The predicted octanol–water partition coefficient (Wildman–Crippen LogP) is 4.75. The van der Waals surface area contributed by atoms with Crippen molar-refractivity contribution < 1.29 is 9.13 Å². The van der Waals surface area contributed by atoms with E-state index in [-0.39, 0.29) is 22.9 Å². The van der Waals surface area contributed by atoms with E-state index in [9.17, 15) is 0 Å². The van der Waals surface area contributed by atoms with Crippen LogP contribution < -0.4 is 5.32 Å². The SMILES string of the molecule is CC1(C)Nc2cc(F)c(-c3ncnc4sccc34)cc2C2(C)CCOC12. The fraction of sp³-hybridized carbons (Fsp3) is 0.400. The van der Waals surface area contributed by atoms with Crippen molar-refractivity contribution in [1.29, 1.82) is 0 Å². The molecule has 0 aliphatic carbocycles. The van der Waals surface area contributed by atoms with Crippen molar-refractivity contribution in [3.8, 4) is 11.3 Å². The summed E-state index contributed by atoms with van der Waals surface area (Å²) in [5.41, 5.74) is 2.76. The summed E-state index contributed by atoms with van der Waals surface area (Å²) in [6.45, 7) is 7.19. The van der Waals surface area contributed by atoms with Crippen LogP contribution in [0, 0.1) is 5.82 Å². The van der Waals surface area contributed by atoms with E-state index in [1.807, 2.05) is 17.5 Å². The van der Waals surface area contributed by atoms with Gasteiger partial charge in [-0.05, 0) is 49.4 Å². The minimum atomic E-state index is -0.265. The fourth-order valence-corrected chi connectivity index (χ4v) is 5.47. The van der Waals surface area contributed by atoms with Crippen molar-refractivity contribution in [3.63, 3.8) is 0 Å². The number of anilines is 1. The molecule has 5 rings (SSSR count). The summed E-state index contributed by atoms with van der Waals surface area (Å²) in [5, 5.41) is 6.35. The first-order valence-electron chi connectivity index (χ1n) is 8.82. The smallest absolute Gasteiger partial charge is 0.134 e. The lowest BCUT2D eigenvalue weighted by Crippen LogP contribution is -2.56. The molecule has 0 bridgehead atoms. The molecule has 1 fully saturated rings. The molecule has 1 aromatic carbocycles. The van der Waals surface area contributed by atoms with Crippen molar-refractivity contribution in [2.24, 2.45) is 0 Å². The van der Waals surface area contributed by atoms with Gasteiger partial charge in [-0.3, -0.25) is 0 Å². The van der Waals surface area contributed by atoms with Crippen LogP contribution in [-0.4, -0.2) is 28.2 Å². The van der Waals surface area contributed by atoms with Gasteiger partial charge >= 0.3 is 0 Å². The number of benzene rings is 1. The molecule has 1 N–H and O–H groups in total. The molecule has 6 heteroatoms. The average molecular weight is 369 g/mol. The summed E-state index contributed by atoms with van der Waals surface area (Å²) in [5.74, 6) is -0.265. The molecule has 3 aromatic rings. The number of fused-ring (bicyclic) bond motifs is 4. The Morgan fingerprint density at radius 2 is 2.12 bits per heavy atom. The topological polar surface area (TPSA) is 47.0 Å². The van der Waals surface area contributed by atoms with Crippen LogP contribution >= 0.6 is 11.3 Å². The molecule has 2 aliphatic heterocycles. The van der Waals surface area contributed by atoms with Gasteiger partial charge in [-0.15, -0.1) is 11.3 Å². The lowest BCUT2D eigenvalue weighted by molar-refractivity contribution is 0.0352. The minimum absolute atomic E-state index is 0.0485. The number of thiophene rings is 1. The number of nitrogens with one attached hydrogen (secondary N) is 1. The molecule has 2 aliphatic rings. The second-order valence-corrected chi connectivity index (χ2v) is 8.90. The molecule has 0 saturated carbocycles. The molecular formula is C20H20FN3OS. The van der Waals surface area contributed by atoms with E-state index >= 15 is 4.39 Å². The summed E-state index contributed by atoms with van der Waals surface area (Å²) in [4.78, 5) is 9.56. The minimum Gasteiger partial charge on any atom is -0.377 e. The molecule has 0 amide bonds. The summed E-state index contributed by atoms with van der Waals surface area (Å²) < 4.78 is 21.2. The highest BCUT2D eigenvalue weighted by molar-refractivity contribution is 7.16. The second-order valence-electron chi connectivity index (χ2n) is 8.00. The van der Waals surface area contributed by atoms with Gasteiger partial charge < -0.3 is 10.1 Å². The van der Waals surface area contributed by atoms with Crippen molar-refractivity contribution in [1.82, 2.24) is 9.97 Å². The van der Waals surface area contributed by atoms with E-state index in [1.54, 1.807) is 6.07 Å². The van der Waals surface area contributed by atoms with Crippen LogP contribution in [0.1, 0.15) is 32.8 Å². The first-order valence-corrected chi connectivity index (χ1v) is 9.70. The van der Waals surface area contributed by atoms with E-state index in [0.717, 1.165) is 34.5 Å². The number of hydrogen-bond donors (Lipinski definition) is 1. The number of aromatic nitrogens is 2. The largest absolute Gasteiger partial charge is 0.377 e. The van der Waals surface area contributed by atoms with E-state index < -0.39 is 0 Å². The molecule has 2 unspecified atom stereocenters. The monoisotopic (exact) mass is 369 g/mol. The van der Waals surface area contributed by atoms with E-state index in [1.165, 1.54) is 17.7 Å². The first-order chi connectivity index (χ1) is 12.4. The van der Waals surface area contributed by atoms with Gasteiger partial charge in [-0.1, -0.05) is 6.92 Å². The highest BCUT2D eigenvalue weighted by Crippen LogP contribution is 2.51. The number of nitrogens with zero attached hydrogens (tertiary/aromatic N) is 2. The third-order valence-electron chi connectivity index (χ3n) is 5.84. The Bertz CT molecular complexity index is 1030. The fourth-order valence-electron chi connectivity index (χ4n) is 4.73. The Morgan fingerprint density at radius 1 is 1.27 bits per heavy atom. The van der Waals surface area contributed by atoms with Crippen LogP contribution in [0.4, 0.5) is 10.1 Å². The van der Waals surface area contributed by atoms with Gasteiger partial charge in [0.15, 0.2) is 0 Å². The molecule has 4 heterocycles. The maximum atomic E-state index is 15.1. The molecule has 0 radical (unpaired) electrons. The van der Waals surface area contributed by atoms with Crippen LogP contribution in [0.2, 0.25) is 0 Å². The van der Waals surface area contributed by atoms with Crippen LogP contribution in [0.5, 0.6) is 0 Å². The van der Waals surface area contributed by atoms with Crippen LogP contribution in [0.3, 0.4) is 0 Å². The van der Waals surface area contributed by atoms with Gasteiger partial charge in [0.25, 0.3) is 0 Å². The van der Waals surface area contributed by atoms with E-state index in [4.69, 9.17) is 4.74 Å². The highest BCUT2D eigenvalue weighted by atomic mass is 32.1. The molecule has 2 atom stereocenters. The number of ether oxygens (including phenoxy) is 1. The van der Waals surface area contributed by atoms with Gasteiger partial charge in [0.1, 0.15) is 17.0 Å². The third kappa shape index (κ3) is 2.09. The van der Waals surface area contributed by atoms with Crippen molar-refractivity contribution >= 4 is 27.2 Å². The van der Waals surface area contributed by atoms with Crippen molar-refractivity contribution in [2.45, 2.75) is 44.2 Å². The zero-order chi connectivity index (χ0) is 18.1. The molecule has 134 valence electrons. The molecular weight excluding hydrogens is 349 g/mol. The highest BCUT2D eigenvalue weighted by Gasteiger charge is 2.53. The second kappa shape index (κ2) is 5.24.